The first-order valence-electron chi connectivity index (χ1n) is 8.06. The van der Waals surface area contributed by atoms with E-state index in [0.29, 0.717) is 23.8 Å². The van der Waals surface area contributed by atoms with Gasteiger partial charge in [-0.2, -0.15) is 0 Å². The van der Waals surface area contributed by atoms with Crippen molar-refractivity contribution in [1.82, 2.24) is 10.2 Å². The van der Waals surface area contributed by atoms with Crippen LogP contribution >= 0.6 is 0 Å². The fourth-order valence-electron chi connectivity index (χ4n) is 3.76. The van der Waals surface area contributed by atoms with Crippen LogP contribution in [0.25, 0.3) is 0 Å². The van der Waals surface area contributed by atoms with Crippen molar-refractivity contribution in [3.05, 3.63) is 0 Å². The maximum absolute atomic E-state index is 12.8. The van der Waals surface area contributed by atoms with E-state index >= 15 is 0 Å². The molecule has 2 aliphatic rings. The molecular formula is C16H30N2O. The Morgan fingerprint density at radius 3 is 2.68 bits per heavy atom. The van der Waals surface area contributed by atoms with E-state index in [1.165, 1.54) is 19.3 Å². The Labute approximate surface area is 118 Å². The molecular weight excluding hydrogens is 236 g/mol. The van der Waals surface area contributed by atoms with Crippen LogP contribution in [0.3, 0.4) is 0 Å². The Bertz CT molecular complexity index is 318. The average molecular weight is 266 g/mol. The summed E-state index contributed by atoms with van der Waals surface area (Å²) in [5.41, 5.74) is 0. The Morgan fingerprint density at radius 2 is 2.00 bits per heavy atom. The molecule has 0 aromatic carbocycles. The minimum absolute atomic E-state index is 0.0682. The lowest BCUT2D eigenvalue weighted by molar-refractivity contribution is -0.140. The number of piperidine rings is 2. The zero-order chi connectivity index (χ0) is 14.0. The molecule has 0 saturated carbocycles. The quantitative estimate of drug-likeness (QED) is 0.833. The van der Waals surface area contributed by atoms with Crippen molar-refractivity contribution in [1.29, 1.82) is 0 Å². The second kappa shape index (κ2) is 6.25. The van der Waals surface area contributed by atoms with Crippen molar-refractivity contribution in [2.45, 2.75) is 65.5 Å². The Morgan fingerprint density at radius 1 is 1.26 bits per heavy atom. The Kier molecular flexibility index (Phi) is 4.88. The molecule has 0 aromatic heterocycles. The maximum Gasteiger partial charge on any atom is 0.239 e. The van der Waals surface area contributed by atoms with Crippen LogP contribution in [-0.2, 0) is 4.79 Å². The van der Waals surface area contributed by atoms with E-state index in [2.05, 4.69) is 37.9 Å². The minimum Gasteiger partial charge on any atom is -0.338 e. The van der Waals surface area contributed by atoms with Gasteiger partial charge in [-0.05, 0) is 50.5 Å². The molecule has 5 unspecified atom stereocenters. The van der Waals surface area contributed by atoms with Gasteiger partial charge in [-0.25, -0.2) is 0 Å². The van der Waals surface area contributed by atoms with E-state index in [1.807, 2.05) is 0 Å². The van der Waals surface area contributed by atoms with Crippen LogP contribution < -0.4 is 5.32 Å². The van der Waals surface area contributed by atoms with Crippen molar-refractivity contribution in [2.75, 3.05) is 13.1 Å². The van der Waals surface area contributed by atoms with Crippen molar-refractivity contribution >= 4 is 5.91 Å². The second-order valence-electron chi connectivity index (χ2n) is 6.85. The summed E-state index contributed by atoms with van der Waals surface area (Å²) in [5.74, 6) is 2.34. The van der Waals surface area contributed by atoms with Crippen molar-refractivity contribution in [2.24, 2.45) is 17.8 Å². The molecule has 2 heterocycles. The number of rotatable bonds is 2. The van der Waals surface area contributed by atoms with Crippen LogP contribution in [0.4, 0.5) is 0 Å². The summed E-state index contributed by atoms with van der Waals surface area (Å²) in [7, 11) is 0. The lowest BCUT2D eigenvalue weighted by atomic mass is 9.84. The highest BCUT2D eigenvalue weighted by Gasteiger charge is 2.36. The summed E-state index contributed by atoms with van der Waals surface area (Å²) >= 11 is 0. The van der Waals surface area contributed by atoms with Gasteiger partial charge in [0.2, 0.25) is 5.91 Å². The zero-order valence-electron chi connectivity index (χ0n) is 13.0. The topological polar surface area (TPSA) is 32.3 Å². The fourth-order valence-corrected chi connectivity index (χ4v) is 3.76. The lowest BCUT2D eigenvalue weighted by Gasteiger charge is -2.43. The third-order valence-corrected chi connectivity index (χ3v) is 5.27. The third kappa shape index (κ3) is 3.31. The predicted molar refractivity (Wildman–Crippen MR) is 78.9 cm³/mol. The first kappa shape index (κ1) is 14.8. The fraction of sp³-hybridized carbons (Fsp3) is 0.938. The van der Waals surface area contributed by atoms with Crippen molar-refractivity contribution in [3.8, 4) is 0 Å². The Balaban J connectivity index is 2.01. The first-order valence-corrected chi connectivity index (χ1v) is 8.06. The van der Waals surface area contributed by atoms with Crippen molar-refractivity contribution in [3.63, 3.8) is 0 Å². The van der Waals surface area contributed by atoms with Gasteiger partial charge < -0.3 is 10.2 Å². The largest absolute Gasteiger partial charge is 0.338 e. The average Bonchev–Trinajstić information content (AvgIpc) is 2.42. The van der Waals surface area contributed by atoms with Crippen LogP contribution in [0.15, 0.2) is 0 Å². The summed E-state index contributed by atoms with van der Waals surface area (Å²) in [6, 6.07) is 0.464. The van der Waals surface area contributed by atoms with Gasteiger partial charge in [0.25, 0.3) is 0 Å². The summed E-state index contributed by atoms with van der Waals surface area (Å²) in [4.78, 5) is 14.9. The van der Waals surface area contributed by atoms with E-state index in [9.17, 15) is 4.79 Å². The number of nitrogens with one attached hydrogen (secondary N) is 1. The molecule has 2 rings (SSSR count). The smallest absolute Gasteiger partial charge is 0.239 e. The lowest BCUT2D eigenvalue weighted by Crippen LogP contribution is -2.56. The van der Waals surface area contributed by atoms with Crippen LogP contribution in [0, 0.1) is 17.8 Å². The molecule has 0 aromatic rings. The highest BCUT2D eigenvalue weighted by molar-refractivity contribution is 5.82. The monoisotopic (exact) mass is 266 g/mol. The molecule has 1 N–H and O–H groups in total. The van der Waals surface area contributed by atoms with Crippen molar-refractivity contribution < 1.29 is 4.79 Å². The Hall–Kier alpha value is -0.570. The van der Waals surface area contributed by atoms with Crippen LogP contribution in [0.1, 0.15) is 53.4 Å². The second-order valence-corrected chi connectivity index (χ2v) is 6.85. The van der Waals surface area contributed by atoms with Gasteiger partial charge in [0, 0.05) is 12.6 Å². The molecule has 2 saturated heterocycles. The van der Waals surface area contributed by atoms with E-state index in [1.54, 1.807) is 0 Å². The standard InChI is InChI=1S/C16H30N2O/c1-5-14-6-7-17-15(9-14)16(19)18-10-11(2)8-12(3)13(18)4/h11-15,17H,5-10H2,1-4H3. The summed E-state index contributed by atoms with van der Waals surface area (Å²) in [6.45, 7) is 11.0. The number of nitrogens with zero attached hydrogens (tertiary/aromatic N) is 1. The first-order chi connectivity index (χ1) is 9.02. The molecule has 19 heavy (non-hydrogen) atoms. The molecule has 2 aliphatic heterocycles. The SMILES string of the molecule is CCC1CCNC(C(=O)N2CC(C)CC(C)C2C)C1. The molecule has 0 bridgehead atoms. The highest BCUT2D eigenvalue weighted by atomic mass is 16.2. The summed E-state index contributed by atoms with van der Waals surface area (Å²) in [6.07, 6.45) is 4.71. The predicted octanol–water partition coefficient (Wildman–Crippen LogP) is 2.66. The number of hydrogen-bond donors (Lipinski definition) is 1. The van der Waals surface area contributed by atoms with E-state index in [4.69, 9.17) is 0 Å². The minimum atomic E-state index is 0.0682. The van der Waals surface area contributed by atoms with Gasteiger partial charge in [-0.1, -0.05) is 27.2 Å². The number of hydrogen-bond acceptors (Lipinski definition) is 2. The zero-order valence-corrected chi connectivity index (χ0v) is 13.0. The molecule has 0 spiro atoms. The van der Waals surface area contributed by atoms with Gasteiger partial charge in [-0.3, -0.25) is 4.79 Å². The molecule has 3 heteroatoms. The van der Waals surface area contributed by atoms with Crippen LogP contribution in [0.5, 0.6) is 0 Å². The molecule has 5 atom stereocenters. The number of carbonyl (C=O) groups is 1. The number of likely N-dealkylation sites (tertiary alicyclic amines) is 1. The van der Waals surface area contributed by atoms with Gasteiger partial charge in [-0.15, -0.1) is 0 Å². The van der Waals surface area contributed by atoms with E-state index in [0.717, 1.165) is 25.4 Å². The summed E-state index contributed by atoms with van der Waals surface area (Å²) < 4.78 is 0. The number of carbonyl (C=O) groups excluding carboxylic acids is 1. The molecule has 0 aliphatic carbocycles. The van der Waals surface area contributed by atoms with Gasteiger partial charge in [0.1, 0.15) is 0 Å². The van der Waals surface area contributed by atoms with E-state index < -0.39 is 0 Å². The molecule has 110 valence electrons. The molecule has 1 amide bonds. The van der Waals surface area contributed by atoms with E-state index in [-0.39, 0.29) is 6.04 Å². The maximum atomic E-state index is 12.8. The van der Waals surface area contributed by atoms with Crippen LogP contribution in [0.2, 0.25) is 0 Å². The van der Waals surface area contributed by atoms with Gasteiger partial charge >= 0.3 is 0 Å². The molecule has 2 fully saturated rings. The van der Waals surface area contributed by atoms with Gasteiger partial charge in [0.05, 0.1) is 6.04 Å². The number of amides is 1. The normalized spacial score (nSPS) is 40.2. The van der Waals surface area contributed by atoms with Gasteiger partial charge in [0.15, 0.2) is 0 Å². The van der Waals surface area contributed by atoms with Crippen LogP contribution in [-0.4, -0.2) is 36.0 Å². The molecule has 0 radical (unpaired) electrons. The summed E-state index contributed by atoms with van der Waals surface area (Å²) in [5, 5.41) is 3.44. The third-order valence-electron chi connectivity index (χ3n) is 5.27. The molecule has 3 nitrogen and oxygen atoms in total. The highest BCUT2D eigenvalue weighted by Crippen LogP contribution is 2.29.